The van der Waals surface area contributed by atoms with Crippen LogP contribution in [-0.2, 0) is 0 Å². The summed E-state index contributed by atoms with van der Waals surface area (Å²) in [7, 11) is 0. The molecule has 0 amide bonds. The average molecular weight is 247 g/mol. The molecule has 0 saturated heterocycles. The molecule has 2 atom stereocenters. The number of aliphatic hydroxyl groups excluding tert-OH is 1. The van der Waals surface area contributed by atoms with Gasteiger partial charge in [-0.2, -0.15) is 11.8 Å². The Labute approximate surface area is 103 Å². The molecule has 0 spiro atoms. The van der Waals surface area contributed by atoms with Crippen LogP contribution in [0.5, 0.6) is 0 Å². The number of hydrogen-bond donors (Lipinski definition) is 4. The Balaban J connectivity index is 3.41. The van der Waals surface area contributed by atoms with Crippen LogP contribution in [0.4, 0.5) is 0 Å². The molecule has 0 fully saturated rings. The fraction of sp³-hybridized carbons (Fsp3) is 0.909. The van der Waals surface area contributed by atoms with Crippen LogP contribution < -0.4 is 11.1 Å². The topological polar surface area (TPSA) is 82.1 Å². The molecule has 0 heterocycles. The van der Waals surface area contributed by atoms with Gasteiger partial charge in [0.05, 0.1) is 11.9 Å². The van der Waals surface area contributed by atoms with E-state index in [9.17, 15) is 5.11 Å². The van der Waals surface area contributed by atoms with Crippen LogP contribution in [0.1, 0.15) is 33.1 Å². The van der Waals surface area contributed by atoms with E-state index in [-0.39, 0.29) is 12.1 Å². The molecule has 0 aromatic carbocycles. The van der Waals surface area contributed by atoms with Crippen molar-refractivity contribution in [3.63, 3.8) is 0 Å². The third kappa shape index (κ3) is 9.00. The number of nitrogens with two attached hydrogens (primary N) is 1. The molecule has 0 bridgehead atoms. The molecule has 16 heavy (non-hydrogen) atoms. The second-order valence-corrected chi connectivity index (χ2v) is 5.26. The highest BCUT2D eigenvalue weighted by Gasteiger charge is 2.13. The van der Waals surface area contributed by atoms with E-state index in [1.54, 1.807) is 18.7 Å². The van der Waals surface area contributed by atoms with Crippen molar-refractivity contribution in [1.82, 2.24) is 5.32 Å². The first-order valence-electron chi connectivity index (χ1n) is 5.88. The molecule has 0 rings (SSSR count). The zero-order valence-electron chi connectivity index (χ0n) is 10.3. The summed E-state index contributed by atoms with van der Waals surface area (Å²) < 4.78 is 0. The van der Waals surface area contributed by atoms with E-state index in [0.29, 0.717) is 5.84 Å². The third-order valence-electron chi connectivity index (χ3n) is 2.34. The quantitative estimate of drug-likeness (QED) is 0.280. The minimum atomic E-state index is -0.387. The molecular weight excluding hydrogens is 222 g/mol. The Morgan fingerprint density at radius 2 is 2.19 bits per heavy atom. The number of nitrogens with one attached hydrogen (secondary N) is 2. The fourth-order valence-electron chi connectivity index (χ4n) is 1.34. The van der Waals surface area contributed by atoms with Crippen molar-refractivity contribution in [3.8, 4) is 0 Å². The predicted molar refractivity (Wildman–Crippen MR) is 72.2 cm³/mol. The lowest BCUT2D eigenvalue weighted by Crippen LogP contribution is -2.36. The highest BCUT2D eigenvalue weighted by Crippen LogP contribution is 2.08. The SMILES string of the molecule is CCSCC(O)[C@@H](N)CCCCNC(C)=N. The number of thioether (sulfide) groups is 1. The van der Waals surface area contributed by atoms with E-state index in [2.05, 4.69) is 12.2 Å². The zero-order chi connectivity index (χ0) is 12.4. The van der Waals surface area contributed by atoms with Gasteiger partial charge in [0.15, 0.2) is 0 Å². The first-order valence-corrected chi connectivity index (χ1v) is 7.03. The van der Waals surface area contributed by atoms with Crippen LogP contribution in [0.25, 0.3) is 0 Å². The van der Waals surface area contributed by atoms with Crippen LogP contribution in [0, 0.1) is 5.41 Å². The molecule has 0 aliphatic rings. The van der Waals surface area contributed by atoms with Crippen LogP contribution in [0.2, 0.25) is 0 Å². The highest BCUT2D eigenvalue weighted by molar-refractivity contribution is 7.99. The summed E-state index contributed by atoms with van der Waals surface area (Å²) in [6, 6.07) is -0.111. The number of amidine groups is 1. The van der Waals surface area contributed by atoms with E-state index in [1.807, 2.05) is 0 Å². The monoisotopic (exact) mass is 247 g/mol. The van der Waals surface area contributed by atoms with Crippen LogP contribution >= 0.6 is 11.8 Å². The first kappa shape index (κ1) is 15.7. The van der Waals surface area contributed by atoms with Crippen molar-refractivity contribution in [1.29, 1.82) is 5.41 Å². The maximum atomic E-state index is 9.70. The predicted octanol–water partition coefficient (Wildman–Crippen LogP) is 1.18. The Morgan fingerprint density at radius 1 is 1.50 bits per heavy atom. The average Bonchev–Trinajstić information content (AvgIpc) is 2.24. The molecule has 96 valence electrons. The molecule has 0 aliphatic carbocycles. The zero-order valence-corrected chi connectivity index (χ0v) is 11.1. The van der Waals surface area contributed by atoms with Crippen LogP contribution in [0.15, 0.2) is 0 Å². The van der Waals surface area contributed by atoms with Gasteiger partial charge in [0.1, 0.15) is 0 Å². The Morgan fingerprint density at radius 3 is 2.75 bits per heavy atom. The highest BCUT2D eigenvalue weighted by atomic mass is 32.2. The second-order valence-electron chi connectivity index (χ2n) is 3.94. The van der Waals surface area contributed by atoms with Crippen molar-refractivity contribution >= 4 is 17.6 Å². The van der Waals surface area contributed by atoms with Gasteiger partial charge < -0.3 is 16.2 Å². The lowest BCUT2D eigenvalue weighted by atomic mass is 10.1. The molecule has 0 saturated carbocycles. The first-order chi connectivity index (χ1) is 7.57. The van der Waals surface area contributed by atoms with Crippen molar-refractivity contribution < 1.29 is 5.11 Å². The molecule has 5 N–H and O–H groups in total. The van der Waals surface area contributed by atoms with Gasteiger partial charge in [0, 0.05) is 18.3 Å². The molecule has 0 aromatic heterocycles. The van der Waals surface area contributed by atoms with Crippen molar-refractivity contribution in [3.05, 3.63) is 0 Å². The smallest absolute Gasteiger partial charge is 0.0899 e. The van der Waals surface area contributed by atoms with Gasteiger partial charge in [-0.3, -0.25) is 5.41 Å². The van der Waals surface area contributed by atoms with Gasteiger partial charge in [0.25, 0.3) is 0 Å². The van der Waals surface area contributed by atoms with Gasteiger partial charge in [-0.05, 0) is 25.5 Å². The third-order valence-corrected chi connectivity index (χ3v) is 3.33. The summed E-state index contributed by atoms with van der Waals surface area (Å²) in [5.74, 6) is 2.26. The van der Waals surface area contributed by atoms with Crippen LogP contribution in [0.3, 0.4) is 0 Å². The lowest BCUT2D eigenvalue weighted by Gasteiger charge is -2.18. The number of aliphatic hydroxyl groups is 1. The second kappa shape index (κ2) is 9.93. The molecule has 4 nitrogen and oxygen atoms in total. The van der Waals surface area contributed by atoms with Gasteiger partial charge in [0.2, 0.25) is 0 Å². The van der Waals surface area contributed by atoms with Gasteiger partial charge in [-0.15, -0.1) is 0 Å². The lowest BCUT2D eigenvalue weighted by molar-refractivity contribution is 0.162. The molecule has 1 unspecified atom stereocenters. The maximum Gasteiger partial charge on any atom is 0.0899 e. The molecule has 0 radical (unpaired) electrons. The van der Waals surface area contributed by atoms with Gasteiger partial charge in [-0.1, -0.05) is 13.3 Å². The summed E-state index contributed by atoms with van der Waals surface area (Å²) in [6.07, 6.45) is 2.46. The normalized spacial score (nSPS) is 14.5. The van der Waals surface area contributed by atoms with E-state index in [0.717, 1.165) is 37.3 Å². The minimum absolute atomic E-state index is 0.111. The Hall–Kier alpha value is -0.260. The van der Waals surface area contributed by atoms with Crippen molar-refractivity contribution in [2.45, 2.75) is 45.3 Å². The fourth-order valence-corrected chi connectivity index (χ4v) is 2.06. The van der Waals surface area contributed by atoms with E-state index in [4.69, 9.17) is 11.1 Å². The number of unbranched alkanes of at least 4 members (excludes halogenated alkanes) is 1. The minimum Gasteiger partial charge on any atom is -0.391 e. The standard InChI is InChI=1S/C11H25N3OS/c1-3-16-8-11(15)10(13)6-4-5-7-14-9(2)12/h10-11,15H,3-8,13H2,1-2H3,(H2,12,14)/t10-,11?/m0/s1. The summed E-state index contributed by atoms with van der Waals surface area (Å²) in [4.78, 5) is 0. The van der Waals surface area contributed by atoms with E-state index in [1.165, 1.54) is 0 Å². The largest absolute Gasteiger partial charge is 0.391 e. The Kier molecular flexibility index (Phi) is 9.77. The molecular formula is C11H25N3OS. The van der Waals surface area contributed by atoms with Gasteiger partial charge >= 0.3 is 0 Å². The summed E-state index contributed by atoms with van der Waals surface area (Å²) in [6.45, 7) is 4.63. The molecule has 0 aliphatic heterocycles. The van der Waals surface area contributed by atoms with E-state index >= 15 is 0 Å². The summed E-state index contributed by atoms with van der Waals surface area (Å²) in [5.41, 5.74) is 5.87. The van der Waals surface area contributed by atoms with Gasteiger partial charge in [-0.25, -0.2) is 0 Å². The maximum absolute atomic E-state index is 9.70. The van der Waals surface area contributed by atoms with Crippen molar-refractivity contribution in [2.75, 3.05) is 18.1 Å². The van der Waals surface area contributed by atoms with Crippen LogP contribution in [-0.4, -0.2) is 41.1 Å². The van der Waals surface area contributed by atoms with E-state index < -0.39 is 0 Å². The number of rotatable bonds is 9. The Bertz CT molecular complexity index is 190. The van der Waals surface area contributed by atoms with Crippen molar-refractivity contribution in [2.24, 2.45) is 5.73 Å². The number of hydrogen-bond acceptors (Lipinski definition) is 4. The summed E-state index contributed by atoms with van der Waals surface area (Å²) in [5, 5.41) is 19.8. The molecule has 0 aromatic rings. The molecule has 5 heteroatoms. The summed E-state index contributed by atoms with van der Waals surface area (Å²) >= 11 is 1.72.